The van der Waals surface area contributed by atoms with Gasteiger partial charge in [-0.1, -0.05) is 0 Å². The Labute approximate surface area is 110 Å². The number of nitrogens with one attached hydrogen (secondary N) is 3. The molecule has 0 saturated heterocycles. The first-order chi connectivity index (χ1) is 9.33. The first-order valence-electron chi connectivity index (χ1n) is 6.28. The summed E-state index contributed by atoms with van der Waals surface area (Å²) in [5.41, 5.74) is 2.85. The average molecular weight is 257 g/mol. The Morgan fingerprint density at radius 1 is 1.32 bits per heavy atom. The second-order valence-electron chi connectivity index (χ2n) is 4.48. The number of rotatable bonds is 3. The number of hydrogen-bond donors (Lipinski definition) is 3. The zero-order valence-electron chi connectivity index (χ0n) is 10.4. The van der Waals surface area contributed by atoms with Gasteiger partial charge in [-0.2, -0.15) is 4.98 Å². The standard InChI is InChI=1S/C13H15N5O/c19-13-17-11-3-6-15-8-10(11)12(18-13)16-7-9-1-4-14-5-2-9/h1-2,4-5,15H,3,6-8H2,(H2,16,17,18,19). The van der Waals surface area contributed by atoms with Crippen LogP contribution in [0.3, 0.4) is 0 Å². The summed E-state index contributed by atoms with van der Waals surface area (Å²) in [6.45, 7) is 2.25. The van der Waals surface area contributed by atoms with E-state index in [2.05, 4.69) is 25.6 Å². The SMILES string of the molecule is O=c1nc(NCc2ccncc2)c2c([nH]1)CCNC2. The molecule has 3 rings (SSSR count). The zero-order chi connectivity index (χ0) is 13.1. The van der Waals surface area contributed by atoms with Crippen LogP contribution in [0.4, 0.5) is 5.82 Å². The molecule has 0 amide bonds. The molecule has 0 aromatic carbocycles. The molecule has 0 saturated carbocycles. The van der Waals surface area contributed by atoms with Gasteiger partial charge in [0.25, 0.3) is 0 Å². The molecule has 0 aliphatic carbocycles. The Balaban J connectivity index is 1.84. The van der Waals surface area contributed by atoms with Crippen LogP contribution >= 0.6 is 0 Å². The van der Waals surface area contributed by atoms with Crippen molar-refractivity contribution in [3.63, 3.8) is 0 Å². The highest BCUT2D eigenvalue weighted by Crippen LogP contribution is 2.17. The summed E-state index contributed by atoms with van der Waals surface area (Å²) in [5.74, 6) is 0.669. The van der Waals surface area contributed by atoms with E-state index in [1.54, 1.807) is 12.4 Å². The molecule has 6 heteroatoms. The van der Waals surface area contributed by atoms with E-state index in [1.165, 1.54) is 0 Å². The minimum Gasteiger partial charge on any atom is -0.365 e. The lowest BCUT2D eigenvalue weighted by Crippen LogP contribution is -2.30. The molecule has 3 heterocycles. The molecule has 6 nitrogen and oxygen atoms in total. The molecule has 1 aliphatic heterocycles. The van der Waals surface area contributed by atoms with Crippen LogP contribution in [0.25, 0.3) is 0 Å². The van der Waals surface area contributed by atoms with Crippen molar-refractivity contribution in [2.24, 2.45) is 0 Å². The third kappa shape index (κ3) is 2.63. The number of H-pyrrole nitrogens is 1. The van der Waals surface area contributed by atoms with Gasteiger partial charge in [-0.15, -0.1) is 0 Å². The zero-order valence-corrected chi connectivity index (χ0v) is 10.4. The minimum absolute atomic E-state index is 0.294. The maximum absolute atomic E-state index is 11.5. The third-order valence-corrected chi connectivity index (χ3v) is 3.18. The summed E-state index contributed by atoms with van der Waals surface area (Å²) >= 11 is 0. The van der Waals surface area contributed by atoms with Gasteiger partial charge in [0, 0.05) is 49.7 Å². The molecule has 2 aromatic heterocycles. The Kier molecular flexibility index (Phi) is 3.24. The smallest absolute Gasteiger partial charge is 0.347 e. The summed E-state index contributed by atoms with van der Waals surface area (Å²) in [6, 6.07) is 3.87. The van der Waals surface area contributed by atoms with Crippen molar-refractivity contribution in [1.82, 2.24) is 20.3 Å². The van der Waals surface area contributed by atoms with Crippen molar-refractivity contribution < 1.29 is 0 Å². The number of aromatic amines is 1. The minimum atomic E-state index is -0.294. The van der Waals surface area contributed by atoms with E-state index in [4.69, 9.17) is 0 Å². The number of aromatic nitrogens is 3. The van der Waals surface area contributed by atoms with Crippen LogP contribution in [0.15, 0.2) is 29.3 Å². The molecule has 0 spiro atoms. The van der Waals surface area contributed by atoms with Gasteiger partial charge in [-0.25, -0.2) is 4.79 Å². The number of fused-ring (bicyclic) bond motifs is 1. The number of nitrogens with zero attached hydrogens (tertiary/aromatic N) is 2. The van der Waals surface area contributed by atoms with E-state index >= 15 is 0 Å². The molecule has 98 valence electrons. The van der Waals surface area contributed by atoms with Crippen LogP contribution in [0.2, 0.25) is 0 Å². The lowest BCUT2D eigenvalue weighted by atomic mass is 10.1. The molecule has 3 N–H and O–H groups in total. The fourth-order valence-corrected chi connectivity index (χ4v) is 2.21. The van der Waals surface area contributed by atoms with Crippen LogP contribution in [0.5, 0.6) is 0 Å². The molecule has 0 radical (unpaired) electrons. The predicted octanol–water partition coefficient (Wildman–Crippen LogP) is 0.423. The first-order valence-corrected chi connectivity index (χ1v) is 6.28. The second-order valence-corrected chi connectivity index (χ2v) is 4.48. The van der Waals surface area contributed by atoms with Crippen LogP contribution in [-0.2, 0) is 19.5 Å². The van der Waals surface area contributed by atoms with E-state index in [0.717, 1.165) is 36.3 Å². The topological polar surface area (TPSA) is 82.7 Å². The number of pyridine rings is 1. The van der Waals surface area contributed by atoms with Crippen LogP contribution in [0.1, 0.15) is 16.8 Å². The Morgan fingerprint density at radius 2 is 2.16 bits per heavy atom. The molecule has 0 atom stereocenters. The van der Waals surface area contributed by atoms with Gasteiger partial charge in [-0.05, 0) is 17.7 Å². The fraction of sp³-hybridized carbons (Fsp3) is 0.308. The molecule has 0 unspecified atom stereocenters. The van der Waals surface area contributed by atoms with Crippen molar-refractivity contribution in [2.45, 2.75) is 19.5 Å². The van der Waals surface area contributed by atoms with Crippen LogP contribution < -0.4 is 16.3 Å². The van der Waals surface area contributed by atoms with Gasteiger partial charge in [0.1, 0.15) is 5.82 Å². The highest BCUT2D eigenvalue weighted by Gasteiger charge is 2.15. The molecule has 0 fully saturated rings. The van der Waals surface area contributed by atoms with E-state index in [-0.39, 0.29) is 5.69 Å². The predicted molar refractivity (Wildman–Crippen MR) is 71.8 cm³/mol. The van der Waals surface area contributed by atoms with Gasteiger partial charge in [-0.3, -0.25) is 4.98 Å². The third-order valence-electron chi connectivity index (χ3n) is 3.18. The average Bonchev–Trinajstić information content (AvgIpc) is 2.45. The lowest BCUT2D eigenvalue weighted by molar-refractivity contribution is 0.623. The number of hydrogen-bond acceptors (Lipinski definition) is 5. The molecule has 2 aromatic rings. The van der Waals surface area contributed by atoms with Gasteiger partial charge in [0.15, 0.2) is 0 Å². The van der Waals surface area contributed by atoms with Gasteiger partial charge >= 0.3 is 5.69 Å². The van der Waals surface area contributed by atoms with Gasteiger partial charge < -0.3 is 15.6 Å². The van der Waals surface area contributed by atoms with Crippen molar-refractivity contribution in [3.05, 3.63) is 51.8 Å². The normalized spacial score (nSPS) is 13.9. The van der Waals surface area contributed by atoms with E-state index in [1.807, 2.05) is 12.1 Å². The Hall–Kier alpha value is -2.21. The molecular formula is C13H15N5O. The fourth-order valence-electron chi connectivity index (χ4n) is 2.21. The first kappa shape index (κ1) is 11.9. The summed E-state index contributed by atoms with van der Waals surface area (Å²) in [5, 5.41) is 6.52. The quantitative estimate of drug-likeness (QED) is 0.742. The van der Waals surface area contributed by atoms with Crippen molar-refractivity contribution in [2.75, 3.05) is 11.9 Å². The monoisotopic (exact) mass is 257 g/mol. The summed E-state index contributed by atoms with van der Waals surface area (Å²) in [7, 11) is 0. The van der Waals surface area contributed by atoms with E-state index < -0.39 is 0 Å². The van der Waals surface area contributed by atoms with E-state index in [0.29, 0.717) is 12.4 Å². The molecular weight excluding hydrogens is 242 g/mol. The van der Waals surface area contributed by atoms with E-state index in [9.17, 15) is 4.79 Å². The van der Waals surface area contributed by atoms with Gasteiger partial charge in [0.05, 0.1) is 0 Å². The summed E-state index contributed by atoms with van der Waals surface area (Å²) in [6.07, 6.45) is 4.33. The largest absolute Gasteiger partial charge is 0.365 e. The summed E-state index contributed by atoms with van der Waals surface area (Å²) < 4.78 is 0. The maximum Gasteiger partial charge on any atom is 0.347 e. The molecule has 19 heavy (non-hydrogen) atoms. The second kappa shape index (κ2) is 5.19. The summed E-state index contributed by atoms with van der Waals surface area (Å²) in [4.78, 5) is 22.3. The van der Waals surface area contributed by atoms with Crippen molar-refractivity contribution in [3.8, 4) is 0 Å². The molecule has 0 bridgehead atoms. The number of anilines is 1. The highest BCUT2D eigenvalue weighted by atomic mass is 16.1. The Bertz CT molecular complexity index is 623. The van der Waals surface area contributed by atoms with Crippen molar-refractivity contribution >= 4 is 5.82 Å². The highest BCUT2D eigenvalue weighted by molar-refractivity contribution is 5.47. The van der Waals surface area contributed by atoms with Crippen LogP contribution in [0, 0.1) is 0 Å². The van der Waals surface area contributed by atoms with Crippen LogP contribution in [-0.4, -0.2) is 21.5 Å². The maximum atomic E-state index is 11.5. The molecule has 1 aliphatic rings. The van der Waals surface area contributed by atoms with Gasteiger partial charge in [0.2, 0.25) is 0 Å². The Morgan fingerprint density at radius 3 is 3.00 bits per heavy atom. The van der Waals surface area contributed by atoms with Crippen molar-refractivity contribution in [1.29, 1.82) is 0 Å². The lowest BCUT2D eigenvalue weighted by Gasteiger charge is -2.19.